The zero-order chi connectivity index (χ0) is 12.3. The number of nitrogens with zero attached hydrogens (tertiary/aromatic N) is 1. The number of nitrogens with one attached hydrogen (secondary N) is 1. The number of likely N-dealkylation sites (tertiary alicyclic amines) is 1. The molecule has 0 radical (unpaired) electrons. The molecule has 0 aliphatic carbocycles. The number of benzene rings is 1. The van der Waals surface area contributed by atoms with Gasteiger partial charge in [-0.15, -0.1) is 0 Å². The van der Waals surface area contributed by atoms with Gasteiger partial charge in [0.1, 0.15) is 0 Å². The van der Waals surface area contributed by atoms with Crippen LogP contribution in [0.2, 0.25) is 5.02 Å². The molecular weight excluding hydrogens is 234 g/mol. The summed E-state index contributed by atoms with van der Waals surface area (Å²) in [6, 6.07) is 5.72. The van der Waals surface area contributed by atoms with Crippen LogP contribution in [0.3, 0.4) is 0 Å². The van der Waals surface area contributed by atoms with Crippen LogP contribution >= 0.6 is 11.6 Å². The number of nitrogen functional groups attached to an aromatic ring is 1. The normalized spacial score (nSPS) is 21.4. The van der Waals surface area contributed by atoms with Gasteiger partial charge in [-0.25, -0.2) is 0 Å². The molecule has 3 nitrogen and oxygen atoms in total. The van der Waals surface area contributed by atoms with E-state index < -0.39 is 0 Å². The molecule has 0 saturated carbocycles. The summed E-state index contributed by atoms with van der Waals surface area (Å²) in [5.74, 6) is 0.701. The standard InChI is InChI=1S/C13H20ClN3/c1-17-7-3-4-10(9-17)8-16-12-6-2-5-11(14)13(12)15/h2,5-6,10,16H,3-4,7-9,15H2,1H3. The number of rotatable bonds is 3. The van der Waals surface area contributed by atoms with Crippen molar-refractivity contribution in [3.63, 3.8) is 0 Å². The third kappa shape index (κ3) is 3.27. The van der Waals surface area contributed by atoms with Gasteiger partial charge < -0.3 is 16.0 Å². The Morgan fingerprint density at radius 3 is 3.12 bits per heavy atom. The second kappa shape index (κ2) is 5.61. The van der Waals surface area contributed by atoms with Crippen LogP contribution in [0.5, 0.6) is 0 Å². The molecule has 94 valence electrons. The molecule has 1 saturated heterocycles. The van der Waals surface area contributed by atoms with E-state index in [0.717, 1.165) is 18.8 Å². The van der Waals surface area contributed by atoms with E-state index in [1.807, 2.05) is 18.2 Å². The molecule has 0 amide bonds. The molecule has 1 aliphatic rings. The molecule has 1 aromatic rings. The third-order valence-electron chi connectivity index (χ3n) is 3.36. The summed E-state index contributed by atoms with van der Waals surface area (Å²) in [6.45, 7) is 3.35. The van der Waals surface area contributed by atoms with Crippen molar-refractivity contribution >= 4 is 23.0 Å². The lowest BCUT2D eigenvalue weighted by molar-refractivity contribution is 0.217. The number of nitrogens with two attached hydrogens (primary N) is 1. The minimum Gasteiger partial charge on any atom is -0.396 e. The maximum atomic E-state index is 5.99. The van der Waals surface area contributed by atoms with Gasteiger partial charge in [0.2, 0.25) is 0 Å². The Labute approximate surface area is 108 Å². The van der Waals surface area contributed by atoms with E-state index in [1.54, 1.807) is 0 Å². The average molecular weight is 254 g/mol. The predicted octanol–water partition coefficient (Wildman–Crippen LogP) is 2.68. The summed E-state index contributed by atoms with van der Waals surface area (Å²) in [6.07, 6.45) is 2.58. The van der Waals surface area contributed by atoms with Crippen LogP contribution in [0.25, 0.3) is 0 Å². The van der Waals surface area contributed by atoms with E-state index in [-0.39, 0.29) is 0 Å². The van der Waals surface area contributed by atoms with Crippen molar-refractivity contribution < 1.29 is 0 Å². The van der Waals surface area contributed by atoms with E-state index in [9.17, 15) is 0 Å². The maximum Gasteiger partial charge on any atom is 0.0739 e. The molecule has 1 fully saturated rings. The van der Waals surface area contributed by atoms with Crippen LogP contribution in [0.15, 0.2) is 18.2 Å². The molecule has 17 heavy (non-hydrogen) atoms. The van der Waals surface area contributed by atoms with Gasteiger partial charge in [0.25, 0.3) is 0 Å². The molecule has 1 aliphatic heterocycles. The number of halogens is 1. The van der Waals surface area contributed by atoms with Crippen LogP contribution in [0.4, 0.5) is 11.4 Å². The van der Waals surface area contributed by atoms with E-state index in [4.69, 9.17) is 17.3 Å². The highest BCUT2D eigenvalue weighted by Crippen LogP contribution is 2.27. The average Bonchev–Trinajstić information content (AvgIpc) is 2.31. The highest BCUT2D eigenvalue weighted by atomic mass is 35.5. The molecule has 0 bridgehead atoms. The van der Waals surface area contributed by atoms with Crippen LogP contribution in [-0.4, -0.2) is 31.6 Å². The summed E-state index contributed by atoms with van der Waals surface area (Å²) < 4.78 is 0. The lowest BCUT2D eigenvalue weighted by Crippen LogP contribution is -2.35. The van der Waals surface area contributed by atoms with Gasteiger partial charge in [0.05, 0.1) is 16.4 Å². The smallest absolute Gasteiger partial charge is 0.0739 e. The first-order valence-electron chi connectivity index (χ1n) is 6.13. The van der Waals surface area contributed by atoms with Crippen LogP contribution in [0.1, 0.15) is 12.8 Å². The molecular formula is C13H20ClN3. The van der Waals surface area contributed by atoms with Crippen molar-refractivity contribution in [1.29, 1.82) is 0 Å². The van der Waals surface area contributed by atoms with Crippen LogP contribution in [0, 0.1) is 5.92 Å². The Kier molecular flexibility index (Phi) is 4.13. The summed E-state index contributed by atoms with van der Waals surface area (Å²) in [4.78, 5) is 2.39. The molecule has 1 unspecified atom stereocenters. The fourth-order valence-corrected chi connectivity index (χ4v) is 2.56. The fourth-order valence-electron chi connectivity index (χ4n) is 2.39. The molecule has 0 aromatic heterocycles. The summed E-state index contributed by atoms with van der Waals surface area (Å²) in [7, 11) is 2.18. The predicted molar refractivity (Wildman–Crippen MR) is 74.6 cm³/mol. The minimum absolute atomic E-state index is 0.621. The van der Waals surface area contributed by atoms with Gasteiger partial charge in [0.15, 0.2) is 0 Å². The van der Waals surface area contributed by atoms with Gasteiger partial charge in [-0.05, 0) is 44.5 Å². The first-order chi connectivity index (χ1) is 8.16. The van der Waals surface area contributed by atoms with Gasteiger partial charge in [-0.2, -0.15) is 0 Å². The van der Waals surface area contributed by atoms with Gasteiger partial charge in [0, 0.05) is 13.1 Å². The SMILES string of the molecule is CN1CCCC(CNc2cccc(Cl)c2N)C1. The van der Waals surface area contributed by atoms with Crippen molar-refractivity contribution in [2.24, 2.45) is 5.92 Å². The zero-order valence-electron chi connectivity index (χ0n) is 10.2. The van der Waals surface area contributed by atoms with E-state index in [2.05, 4.69) is 17.3 Å². The quantitative estimate of drug-likeness (QED) is 0.814. The number of hydrogen-bond donors (Lipinski definition) is 2. The zero-order valence-corrected chi connectivity index (χ0v) is 11.0. The van der Waals surface area contributed by atoms with Crippen LogP contribution < -0.4 is 11.1 Å². The van der Waals surface area contributed by atoms with Crippen molar-refractivity contribution in [2.45, 2.75) is 12.8 Å². The number of hydrogen-bond acceptors (Lipinski definition) is 3. The van der Waals surface area contributed by atoms with Crippen molar-refractivity contribution in [2.75, 3.05) is 37.7 Å². The highest BCUT2D eigenvalue weighted by Gasteiger charge is 2.17. The highest BCUT2D eigenvalue weighted by molar-refractivity contribution is 6.33. The second-order valence-corrected chi connectivity index (χ2v) is 5.26. The molecule has 0 spiro atoms. The van der Waals surface area contributed by atoms with Gasteiger partial charge in [-0.3, -0.25) is 0 Å². The van der Waals surface area contributed by atoms with E-state index >= 15 is 0 Å². The van der Waals surface area contributed by atoms with Crippen molar-refractivity contribution in [1.82, 2.24) is 4.90 Å². The molecule has 3 N–H and O–H groups in total. The summed E-state index contributed by atoms with van der Waals surface area (Å²) >= 11 is 5.99. The van der Waals surface area contributed by atoms with Crippen LogP contribution in [-0.2, 0) is 0 Å². The van der Waals surface area contributed by atoms with E-state index in [0.29, 0.717) is 16.6 Å². The minimum atomic E-state index is 0.621. The Morgan fingerprint density at radius 2 is 2.35 bits per heavy atom. The van der Waals surface area contributed by atoms with Gasteiger partial charge >= 0.3 is 0 Å². The third-order valence-corrected chi connectivity index (χ3v) is 3.69. The first kappa shape index (κ1) is 12.5. The Balaban J connectivity index is 1.91. The lowest BCUT2D eigenvalue weighted by atomic mass is 9.98. The molecule has 4 heteroatoms. The largest absolute Gasteiger partial charge is 0.396 e. The second-order valence-electron chi connectivity index (χ2n) is 4.85. The Bertz CT molecular complexity index is 381. The summed E-state index contributed by atoms with van der Waals surface area (Å²) in [5, 5.41) is 4.03. The summed E-state index contributed by atoms with van der Waals surface area (Å²) in [5.41, 5.74) is 7.52. The number of piperidine rings is 1. The Morgan fingerprint density at radius 1 is 1.53 bits per heavy atom. The monoisotopic (exact) mass is 253 g/mol. The molecule has 1 aromatic carbocycles. The maximum absolute atomic E-state index is 5.99. The number of anilines is 2. The molecule has 2 rings (SSSR count). The fraction of sp³-hybridized carbons (Fsp3) is 0.538. The van der Waals surface area contributed by atoms with Gasteiger partial charge in [-0.1, -0.05) is 17.7 Å². The van der Waals surface area contributed by atoms with Crippen molar-refractivity contribution in [3.05, 3.63) is 23.2 Å². The molecule has 1 heterocycles. The molecule has 1 atom stereocenters. The van der Waals surface area contributed by atoms with Crippen molar-refractivity contribution in [3.8, 4) is 0 Å². The number of para-hydroxylation sites is 1. The van der Waals surface area contributed by atoms with E-state index in [1.165, 1.54) is 19.4 Å². The first-order valence-corrected chi connectivity index (χ1v) is 6.51. The lowest BCUT2D eigenvalue weighted by Gasteiger charge is -2.30. The topological polar surface area (TPSA) is 41.3 Å². The Hall–Kier alpha value is -0.930.